The third-order valence-electron chi connectivity index (χ3n) is 6.06. The fraction of sp³-hybridized carbons (Fsp3) is 0.417. The van der Waals surface area contributed by atoms with E-state index in [0.29, 0.717) is 34.6 Å². The summed E-state index contributed by atoms with van der Waals surface area (Å²) in [5.41, 5.74) is 3.23. The molecule has 4 rings (SSSR count). The van der Waals surface area contributed by atoms with Gasteiger partial charge in [0.1, 0.15) is 10.7 Å². The number of aromatic nitrogens is 2. The zero-order valence-corrected chi connectivity index (χ0v) is 19.1. The molecule has 1 aliphatic carbocycles. The van der Waals surface area contributed by atoms with Gasteiger partial charge in [-0.15, -0.1) is 11.3 Å². The third kappa shape index (κ3) is 3.82. The minimum absolute atomic E-state index is 0.0786. The van der Waals surface area contributed by atoms with Crippen LogP contribution in [-0.2, 0) is 22.5 Å². The van der Waals surface area contributed by atoms with Crippen LogP contribution < -0.4 is 5.56 Å². The molecular weight excluding hydrogens is 412 g/mol. The van der Waals surface area contributed by atoms with Gasteiger partial charge in [-0.3, -0.25) is 19.0 Å². The molecule has 1 aliphatic rings. The first-order valence-corrected chi connectivity index (χ1v) is 11.4. The average molecular weight is 439 g/mol. The van der Waals surface area contributed by atoms with Crippen molar-refractivity contribution in [2.24, 2.45) is 0 Å². The summed E-state index contributed by atoms with van der Waals surface area (Å²) < 4.78 is 6.71. The maximum absolute atomic E-state index is 13.5. The zero-order valence-electron chi connectivity index (χ0n) is 18.3. The molecule has 0 saturated heterocycles. The molecule has 0 saturated carbocycles. The lowest BCUT2D eigenvalue weighted by molar-refractivity contribution is -0.145. The number of carbonyl (C=O) groups is 2. The molecule has 0 fully saturated rings. The van der Waals surface area contributed by atoms with Crippen molar-refractivity contribution < 1.29 is 14.3 Å². The molecule has 1 unspecified atom stereocenters. The van der Waals surface area contributed by atoms with Crippen LogP contribution in [0.2, 0.25) is 0 Å². The van der Waals surface area contributed by atoms with Crippen molar-refractivity contribution in [3.8, 4) is 0 Å². The van der Waals surface area contributed by atoms with Gasteiger partial charge in [0.15, 0.2) is 5.78 Å². The second-order valence-electron chi connectivity index (χ2n) is 8.09. The number of esters is 1. The van der Waals surface area contributed by atoms with E-state index in [4.69, 9.17) is 4.74 Å². The number of nitrogens with zero attached hydrogens (tertiary/aromatic N) is 2. The maximum atomic E-state index is 13.5. The van der Waals surface area contributed by atoms with E-state index in [2.05, 4.69) is 4.98 Å². The van der Waals surface area contributed by atoms with Gasteiger partial charge in [0.2, 0.25) is 0 Å². The summed E-state index contributed by atoms with van der Waals surface area (Å²) in [5, 5.41) is 0.469. The molecule has 0 spiro atoms. The van der Waals surface area contributed by atoms with Crippen LogP contribution in [0.4, 0.5) is 0 Å². The van der Waals surface area contributed by atoms with E-state index < -0.39 is 5.92 Å². The number of ether oxygens (including phenoxy) is 1. The van der Waals surface area contributed by atoms with Crippen LogP contribution in [0.15, 0.2) is 23.0 Å². The van der Waals surface area contributed by atoms with Gasteiger partial charge in [-0.25, -0.2) is 4.98 Å². The molecule has 2 aromatic heterocycles. The number of carbonyl (C=O) groups excluding carboxylic acids is 2. The molecule has 0 aliphatic heterocycles. The molecule has 162 valence electrons. The molecule has 1 aromatic carbocycles. The number of hydrogen-bond donors (Lipinski definition) is 0. The van der Waals surface area contributed by atoms with Gasteiger partial charge in [-0.05, 0) is 69.7 Å². The summed E-state index contributed by atoms with van der Waals surface area (Å²) in [6, 6.07) is 5.56. The van der Waals surface area contributed by atoms with Gasteiger partial charge in [0.25, 0.3) is 5.56 Å². The van der Waals surface area contributed by atoms with Crippen LogP contribution in [0.3, 0.4) is 0 Å². The van der Waals surface area contributed by atoms with Crippen molar-refractivity contribution in [2.75, 3.05) is 6.61 Å². The largest absolute Gasteiger partial charge is 0.466 e. The number of hydrogen-bond acceptors (Lipinski definition) is 6. The lowest BCUT2D eigenvalue weighted by Crippen LogP contribution is -2.29. The number of fused-ring (bicyclic) bond motifs is 3. The number of aryl methyl sites for hydroxylation is 4. The first-order valence-electron chi connectivity index (χ1n) is 10.6. The molecule has 2 heterocycles. The monoisotopic (exact) mass is 438 g/mol. The van der Waals surface area contributed by atoms with E-state index in [1.165, 1.54) is 15.9 Å². The number of Topliss-reactive ketones (excluding diaryl/α,β-unsaturated/α-hetero) is 1. The Labute approximate surface area is 184 Å². The van der Waals surface area contributed by atoms with Crippen molar-refractivity contribution in [3.63, 3.8) is 0 Å². The Hall–Kier alpha value is -2.80. The van der Waals surface area contributed by atoms with Crippen LogP contribution in [0, 0.1) is 20.8 Å². The first-order chi connectivity index (χ1) is 14.8. The van der Waals surface area contributed by atoms with Crippen molar-refractivity contribution in [1.29, 1.82) is 0 Å². The zero-order chi connectivity index (χ0) is 22.3. The van der Waals surface area contributed by atoms with E-state index in [0.717, 1.165) is 34.4 Å². The highest BCUT2D eigenvalue weighted by molar-refractivity contribution is 7.18. The van der Waals surface area contributed by atoms with Crippen LogP contribution in [-0.4, -0.2) is 27.9 Å². The van der Waals surface area contributed by atoms with Gasteiger partial charge in [-0.2, -0.15) is 0 Å². The molecule has 7 heteroatoms. The number of benzene rings is 1. The third-order valence-corrected chi connectivity index (χ3v) is 7.22. The average Bonchev–Trinajstić information content (AvgIpc) is 3.11. The van der Waals surface area contributed by atoms with Crippen molar-refractivity contribution in [1.82, 2.24) is 9.55 Å². The molecular formula is C24H26N2O4S. The Morgan fingerprint density at radius 3 is 2.71 bits per heavy atom. The first kappa shape index (κ1) is 21.4. The van der Waals surface area contributed by atoms with Crippen LogP contribution in [0.1, 0.15) is 63.4 Å². The topological polar surface area (TPSA) is 78.3 Å². The van der Waals surface area contributed by atoms with E-state index in [9.17, 15) is 14.4 Å². The minimum Gasteiger partial charge on any atom is -0.466 e. The maximum Gasteiger partial charge on any atom is 0.313 e. The lowest BCUT2D eigenvalue weighted by Gasteiger charge is -2.21. The standard InChI is InChI=1S/C24H26N2O4S/c1-5-30-24(29)17-7-6-8-19-20(17)21-22(31-19)25-15(4)26(23(21)28)12-18(27)16-10-9-13(2)14(3)11-16/h9-11,17H,5-8,12H2,1-4H3. The predicted molar refractivity (Wildman–Crippen MR) is 121 cm³/mol. The number of rotatable bonds is 5. The van der Waals surface area contributed by atoms with Gasteiger partial charge in [0, 0.05) is 10.4 Å². The highest BCUT2D eigenvalue weighted by atomic mass is 32.1. The molecule has 0 radical (unpaired) electrons. The highest BCUT2D eigenvalue weighted by Gasteiger charge is 2.33. The lowest BCUT2D eigenvalue weighted by atomic mass is 9.86. The van der Waals surface area contributed by atoms with Gasteiger partial charge in [-0.1, -0.05) is 12.1 Å². The molecule has 1 atom stereocenters. The summed E-state index contributed by atoms with van der Waals surface area (Å²) in [6.07, 6.45) is 2.36. The predicted octanol–water partition coefficient (Wildman–Crippen LogP) is 4.25. The van der Waals surface area contributed by atoms with Crippen molar-refractivity contribution in [2.45, 2.75) is 59.4 Å². The van der Waals surface area contributed by atoms with E-state index >= 15 is 0 Å². The Bertz CT molecular complexity index is 1250. The van der Waals surface area contributed by atoms with Crippen LogP contribution in [0.25, 0.3) is 10.2 Å². The second kappa shape index (κ2) is 8.38. The van der Waals surface area contributed by atoms with Crippen LogP contribution >= 0.6 is 11.3 Å². The Morgan fingerprint density at radius 2 is 2.00 bits per heavy atom. The van der Waals surface area contributed by atoms with Gasteiger partial charge < -0.3 is 4.74 Å². The summed E-state index contributed by atoms with van der Waals surface area (Å²) in [4.78, 5) is 45.4. The Morgan fingerprint density at radius 1 is 1.23 bits per heavy atom. The Balaban J connectivity index is 1.80. The minimum atomic E-state index is -0.446. The fourth-order valence-corrected chi connectivity index (χ4v) is 5.54. The molecule has 0 N–H and O–H groups in total. The highest BCUT2D eigenvalue weighted by Crippen LogP contribution is 2.41. The summed E-state index contributed by atoms with van der Waals surface area (Å²) in [7, 11) is 0. The quantitative estimate of drug-likeness (QED) is 0.440. The van der Waals surface area contributed by atoms with Gasteiger partial charge >= 0.3 is 5.97 Å². The van der Waals surface area contributed by atoms with Crippen molar-refractivity contribution in [3.05, 3.63) is 61.5 Å². The van der Waals surface area contributed by atoms with E-state index in [1.807, 2.05) is 26.0 Å². The molecule has 0 bridgehead atoms. The number of ketones is 1. The van der Waals surface area contributed by atoms with Crippen molar-refractivity contribution >= 4 is 33.3 Å². The van der Waals surface area contributed by atoms with Crippen LogP contribution in [0.5, 0.6) is 0 Å². The molecule has 0 amide bonds. The smallest absolute Gasteiger partial charge is 0.313 e. The molecule has 3 aromatic rings. The van der Waals surface area contributed by atoms with Gasteiger partial charge in [0.05, 0.1) is 24.5 Å². The van der Waals surface area contributed by atoms with E-state index in [-0.39, 0.29) is 23.9 Å². The second-order valence-corrected chi connectivity index (χ2v) is 9.17. The summed E-state index contributed by atoms with van der Waals surface area (Å²) >= 11 is 1.48. The SMILES string of the molecule is CCOC(=O)C1CCCc2sc3nc(C)n(CC(=O)c4ccc(C)c(C)c4)c(=O)c3c21. The summed E-state index contributed by atoms with van der Waals surface area (Å²) in [5.74, 6) is -0.374. The normalized spacial score (nSPS) is 15.7. The fourth-order valence-electron chi connectivity index (χ4n) is 4.23. The van der Waals surface area contributed by atoms with E-state index in [1.54, 1.807) is 19.9 Å². The summed E-state index contributed by atoms with van der Waals surface area (Å²) in [6.45, 7) is 7.71. The number of thiophene rings is 1. The Kier molecular flexibility index (Phi) is 5.79. The molecule has 6 nitrogen and oxygen atoms in total. The molecule has 31 heavy (non-hydrogen) atoms.